The summed E-state index contributed by atoms with van der Waals surface area (Å²) in [6.45, 7) is 3.75. The Hall–Kier alpha value is -2.15. The Kier molecular flexibility index (Phi) is 5.06. The number of ketones is 1. The molecule has 1 atom stereocenters. The molecule has 0 saturated carbocycles. The maximum atomic E-state index is 11.8. The lowest BCUT2D eigenvalue weighted by atomic mass is 9.96. The molecule has 1 N–H and O–H groups in total. The van der Waals surface area contributed by atoms with Gasteiger partial charge in [-0.05, 0) is 18.1 Å². The van der Waals surface area contributed by atoms with E-state index in [1.54, 1.807) is 30.3 Å². The van der Waals surface area contributed by atoms with Gasteiger partial charge in [0.05, 0.1) is 6.07 Å². The van der Waals surface area contributed by atoms with Crippen molar-refractivity contribution in [2.45, 2.75) is 20.3 Å². The van der Waals surface area contributed by atoms with Gasteiger partial charge in [-0.3, -0.25) is 9.59 Å². The normalized spacial score (nSPS) is 11.7. The second-order valence-electron chi connectivity index (χ2n) is 4.48. The number of nitrogens with zero attached hydrogens (tertiary/aromatic N) is 1. The molecule has 1 rings (SSSR count). The fraction of sp³-hybridized carbons (Fsp3) is 0.357. The fourth-order valence-corrected chi connectivity index (χ4v) is 1.53. The van der Waals surface area contributed by atoms with E-state index in [-0.39, 0.29) is 18.1 Å². The van der Waals surface area contributed by atoms with Crippen LogP contribution in [0.1, 0.15) is 20.3 Å². The van der Waals surface area contributed by atoms with Gasteiger partial charge in [0.1, 0.15) is 0 Å². The molecule has 1 unspecified atom stereocenters. The van der Waals surface area contributed by atoms with E-state index in [9.17, 15) is 9.59 Å². The highest BCUT2D eigenvalue weighted by atomic mass is 16.2. The Morgan fingerprint density at radius 1 is 1.28 bits per heavy atom. The number of Topliss-reactive ketones (excluding diaryl/α,β-unsaturated/α-hetero) is 1. The molecule has 1 aromatic carbocycles. The van der Waals surface area contributed by atoms with Crippen LogP contribution in [0.4, 0.5) is 5.69 Å². The molecule has 0 spiro atoms. The average Bonchev–Trinajstić information content (AvgIpc) is 2.30. The number of benzene rings is 1. The predicted molar refractivity (Wildman–Crippen MR) is 68.6 cm³/mol. The Bertz CT molecular complexity index is 460. The predicted octanol–water partition coefficient (Wildman–Crippen LogP) is 2.38. The summed E-state index contributed by atoms with van der Waals surface area (Å²) in [5.41, 5.74) is 0.583. The standard InChI is InChI=1S/C14H16N2O2/c1-10(2)8-13(17)12(9-15)14(18)16-11-6-4-3-5-7-11/h3-7,10,12H,8H2,1-2H3,(H,16,18). The maximum Gasteiger partial charge on any atom is 0.249 e. The molecule has 0 aliphatic carbocycles. The number of rotatable bonds is 5. The number of anilines is 1. The lowest BCUT2D eigenvalue weighted by Crippen LogP contribution is -2.29. The van der Waals surface area contributed by atoms with Gasteiger partial charge in [-0.15, -0.1) is 0 Å². The molecule has 0 aromatic heterocycles. The zero-order valence-corrected chi connectivity index (χ0v) is 10.5. The number of hydrogen-bond acceptors (Lipinski definition) is 3. The molecular weight excluding hydrogens is 228 g/mol. The molecular formula is C14H16N2O2. The van der Waals surface area contributed by atoms with Gasteiger partial charge in [0.15, 0.2) is 11.7 Å². The number of para-hydroxylation sites is 1. The van der Waals surface area contributed by atoms with Crippen molar-refractivity contribution in [1.82, 2.24) is 0 Å². The van der Waals surface area contributed by atoms with Gasteiger partial charge in [0, 0.05) is 12.1 Å². The van der Waals surface area contributed by atoms with Gasteiger partial charge >= 0.3 is 0 Å². The summed E-state index contributed by atoms with van der Waals surface area (Å²) in [6, 6.07) is 10.5. The first-order valence-corrected chi connectivity index (χ1v) is 5.83. The number of nitrogens with one attached hydrogen (secondary N) is 1. The van der Waals surface area contributed by atoms with Crippen LogP contribution in [0.15, 0.2) is 30.3 Å². The molecule has 1 aromatic rings. The maximum absolute atomic E-state index is 11.8. The van der Waals surface area contributed by atoms with E-state index < -0.39 is 11.8 Å². The average molecular weight is 244 g/mol. The molecule has 0 radical (unpaired) electrons. The van der Waals surface area contributed by atoms with Gasteiger partial charge in [-0.2, -0.15) is 5.26 Å². The van der Waals surface area contributed by atoms with Gasteiger partial charge in [0.2, 0.25) is 5.91 Å². The second kappa shape index (κ2) is 6.55. The van der Waals surface area contributed by atoms with Gasteiger partial charge < -0.3 is 5.32 Å². The summed E-state index contributed by atoms with van der Waals surface area (Å²) in [4.78, 5) is 23.5. The topological polar surface area (TPSA) is 70.0 Å². The van der Waals surface area contributed by atoms with E-state index in [0.717, 1.165) is 0 Å². The minimum Gasteiger partial charge on any atom is -0.325 e. The third-order valence-corrected chi connectivity index (χ3v) is 2.36. The molecule has 0 aliphatic heterocycles. The lowest BCUT2D eigenvalue weighted by molar-refractivity contribution is -0.129. The monoisotopic (exact) mass is 244 g/mol. The zero-order valence-electron chi connectivity index (χ0n) is 10.5. The number of amides is 1. The van der Waals surface area contributed by atoms with E-state index in [2.05, 4.69) is 5.32 Å². The van der Waals surface area contributed by atoms with Crippen LogP contribution in [0.5, 0.6) is 0 Å². The Labute approximate surface area is 107 Å². The summed E-state index contributed by atoms with van der Waals surface area (Å²) >= 11 is 0. The van der Waals surface area contributed by atoms with Crippen LogP contribution in [0.2, 0.25) is 0 Å². The highest BCUT2D eigenvalue weighted by Gasteiger charge is 2.26. The molecule has 0 fully saturated rings. The van der Waals surface area contributed by atoms with E-state index in [1.807, 2.05) is 19.9 Å². The van der Waals surface area contributed by atoms with Gasteiger partial charge in [0.25, 0.3) is 0 Å². The van der Waals surface area contributed by atoms with Crippen LogP contribution in [-0.2, 0) is 9.59 Å². The van der Waals surface area contributed by atoms with Crippen molar-refractivity contribution in [3.05, 3.63) is 30.3 Å². The third kappa shape index (κ3) is 4.02. The second-order valence-corrected chi connectivity index (χ2v) is 4.48. The molecule has 18 heavy (non-hydrogen) atoms. The van der Waals surface area contributed by atoms with E-state index in [0.29, 0.717) is 5.69 Å². The number of hydrogen-bond donors (Lipinski definition) is 1. The highest BCUT2D eigenvalue weighted by molar-refractivity contribution is 6.09. The number of carbonyl (C=O) groups is 2. The SMILES string of the molecule is CC(C)CC(=O)C(C#N)C(=O)Nc1ccccc1. The van der Waals surface area contributed by atoms with Crippen molar-refractivity contribution in [1.29, 1.82) is 5.26 Å². The number of nitriles is 1. The zero-order chi connectivity index (χ0) is 13.5. The van der Waals surface area contributed by atoms with Crippen LogP contribution in [0, 0.1) is 23.2 Å². The summed E-state index contributed by atoms with van der Waals surface area (Å²) in [5.74, 6) is -1.99. The Morgan fingerprint density at radius 3 is 2.39 bits per heavy atom. The Morgan fingerprint density at radius 2 is 1.89 bits per heavy atom. The minimum absolute atomic E-state index is 0.137. The molecule has 4 heteroatoms. The Balaban J connectivity index is 2.69. The lowest BCUT2D eigenvalue weighted by Gasteiger charge is -2.10. The van der Waals surface area contributed by atoms with Crippen molar-refractivity contribution in [3.63, 3.8) is 0 Å². The quantitative estimate of drug-likeness (QED) is 0.808. The smallest absolute Gasteiger partial charge is 0.249 e. The summed E-state index contributed by atoms with van der Waals surface area (Å²) in [5, 5.41) is 11.5. The van der Waals surface area contributed by atoms with Crippen molar-refractivity contribution in [3.8, 4) is 6.07 Å². The summed E-state index contributed by atoms with van der Waals surface area (Å²) in [6.07, 6.45) is 0.237. The van der Waals surface area contributed by atoms with E-state index >= 15 is 0 Å². The first kappa shape index (κ1) is 13.9. The minimum atomic E-state index is -1.23. The van der Waals surface area contributed by atoms with Crippen LogP contribution < -0.4 is 5.32 Å². The van der Waals surface area contributed by atoms with E-state index in [1.165, 1.54) is 0 Å². The van der Waals surface area contributed by atoms with Crippen LogP contribution in [0.3, 0.4) is 0 Å². The van der Waals surface area contributed by atoms with Crippen LogP contribution in [-0.4, -0.2) is 11.7 Å². The molecule has 0 bridgehead atoms. The van der Waals surface area contributed by atoms with Crippen molar-refractivity contribution in [2.75, 3.05) is 5.32 Å². The summed E-state index contributed by atoms with van der Waals surface area (Å²) < 4.78 is 0. The van der Waals surface area contributed by atoms with Crippen molar-refractivity contribution in [2.24, 2.45) is 11.8 Å². The van der Waals surface area contributed by atoms with Crippen molar-refractivity contribution >= 4 is 17.4 Å². The molecule has 1 amide bonds. The van der Waals surface area contributed by atoms with E-state index in [4.69, 9.17) is 5.26 Å². The van der Waals surface area contributed by atoms with Gasteiger partial charge in [-0.1, -0.05) is 32.0 Å². The third-order valence-electron chi connectivity index (χ3n) is 2.36. The molecule has 4 nitrogen and oxygen atoms in total. The highest BCUT2D eigenvalue weighted by Crippen LogP contribution is 2.12. The van der Waals surface area contributed by atoms with Crippen LogP contribution in [0.25, 0.3) is 0 Å². The molecule has 0 heterocycles. The first-order valence-electron chi connectivity index (χ1n) is 5.83. The van der Waals surface area contributed by atoms with Crippen LogP contribution >= 0.6 is 0 Å². The first-order chi connectivity index (χ1) is 8.54. The molecule has 0 saturated heterocycles. The fourth-order valence-electron chi connectivity index (χ4n) is 1.53. The van der Waals surface area contributed by atoms with Gasteiger partial charge in [-0.25, -0.2) is 0 Å². The number of carbonyl (C=O) groups excluding carboxylic acids is 2. The van der Waals surface area contributed by atoms with Crippen molar-refractivity contribution < 1.29 is 9.59 Å². The summed E-state index contributed by atoms with van der Waals surface area (Å²) in [7, 11) is 0. The molecule has 94 valence electrons. The largest absolute Gasteiger partial charge is 0.325 e. The molecule has 0 aliphatic rings.